The van der Waals surface area contributed by atoms with Crippen LogP contribution in [0.15, 0.2) is 59.5 Å². The van der Waals surface area contributed by atoms with Crippen LogP contribution in [0, 0.1) is 33.5 Å². The van der Waals surface area contributed by atoms with Crippen molar-refractivity contribution in [3.63, 3.8) is 0 Å². The number of aromatic nitrogens is 4. The van der Waals surface area contributed by atoms with E-state index in [4.69, 9.17) is 22.1 Å². The number of ether oxygens (including phenoxy) is 1. The van der Waals surface area contributed by atoms with Gasteiger partial charge in [-0.05, 0) is 67.1 Å². The number of rotatable bonds is 9. The van der Waals surface area contributed by atoms with Gasteiger partial charge in [0.2, 0.25) is 11.8 Å². The monoisotopic (exact) mass is 832 g/mol. The topological polar surface area (TPSA) is 184 Å². The Bertz CT molecular complexity index is 2480. The molecule has 9 rings (SSSR count). The van der Waals surface area contributed by atoms with Gasteiger partial charge in [0, 0.05) is 86.9 Å². The smallest absolute Gasteiger partial charge is 0.278 e. The number of primary amides is 1. The number of amides is 3. The molecular weight excluding hydrogens is 784 g/mol. The molecule has 1 aliphatic carbocycles. The van der Waals surface area contributed by atoms with Gasteiger partial charge in [0.25, 0.3) is 11.5 Å². The number of likely N-dealkylation sites (tertiary alicyclic amines) is 2. The Morgan fingerprint density at radius 1 is 0.983 bits per heavy atom. The summed E-state index contributed by atoms with van der Waals surface area (Å²) >= 11 is 6.28. The molecule has 3 amide bonds. The van der Waals surface area contributed by atoms with Crippen LogP contribution in [-0.4, -0.2) is 105 Å². The highest BCUT2D eigenvalue weighted by Crippen LogP contribution is 2.59. The molecule has 5 aliphatic rings. The first-order valence-electron chi connectivity index (χ1n) is 20.7. The summed E-state index contributed by atoms with van der Waals surface area (Å²) in [6, 6.07) is 14.7. The van der Waals surface area contributed by atoms with Gasteiger partial charge < -0.3 is 25.2 Å². The fourth-order valence-corrected chi connectivity index (χ4v) is 11.4. The summed E-state index contributed by atoms with van der Waals surface area (Å²) in [5.74, 6) is 0.671. The third kappa shape index (κ3) is 6.64. The molecule has 1 saturated carbocycles. The molecule has 1 unspecified atom stereocenters. The third-order valence-corrected chi connectivity index (χ3v) is 14.2. The molecule has 1 spiro atoms. The van der Waals surface area contributed by atoms with Gasteiger partial charge in [0.1, 0.15) is 35.3 Å². The summed E-state index contributed by atoms with van der Waals surface area (Å²) < 4.78 is 7.58. The molecule has 4 aromatic rings. The highest BCUT2D eigenvalue weighted by molar-refractivity contribution is 6.31. The average molecular weight is 833 g/mol. The zero-order valence-corrected chi connectivity index (χ0v) is 35.1. The lowest BCUT2D eigenvalue weighted by Crippen LogP contribution is -2.77. The number of imide groups is 1. The summed E-state index contributed by atoms with van der Waals surface area (Å²) in [5.41, 5.74) is 6.14. The zero-order chi connectivity index (χ0) is 42.3. The van der Waals surface area contributed by atoms with Crippen LogP contribution in [0.4, 0.5) is 11.5 Å². The predicted molar refractivity (Wildman–Crippen MR) is 225 cm³/mol. The Kier molecular flexibility index (Phi) is 9.66. The van der Waals surface area contributed by atoms with Gasteiger partial charge in [-0.15, -0.1) is 5.10 Å². The third-order valence-electron chi connectivity index (χ3n) is 13.9. The SMILES string of the molecule is CC1(C)C(Oc2ccc(C#N)c(Cl)c2)C(C)(C)C1N1C(=O)CCC(n2nnc3ccc(N4CC(CN5CC6(CCN(c7ccc(C(N)=O)cn7)CC6)C5)C4)cc3c2=O)C1=O. The molecule has 1 atom stereocenters. The summed E-state index contributed by atoms with van der Waals surface area (Å²) in [6.07, 6.45) is 3.62. The van der Waals surface area contributed by atoms with Gasteiger partial charge in [-0.25, -0.2) is 4.98 Å². The highest BCUT2D eigenvalue weighted by atomic mass is 35.5. The van der Waals surface area contributed by atoms with E-state index in [0.29, 0.717) is 39.1 Å². The first-order valence-corrected chi connectivity index (χ1v) is 21.1. The van der Waals surface area contributed by atoms with Crippen LogP contribution in [0.1, 0.15) is 75.3 Å². The molecule has 2 aromatic heterocycles. The second kappa shape index (κ2) is 14.6. The molecule has 0 radical (unpaired) electrons. The Hall–Kier alpha value is -5.59. The van der Waals surface area contributed by atoms with Crippen LogP contribution < -0.4 is 25.8 Å². The Balaban J connectivity index is 0.824. The molecule has 2 N–H and O–H groups in total. The Labute approximate surface area is 353 Å². The van der Waals surface area contributed by atoms with Gasteiger partial charge in [-0.2, -0.15) is 9.94 Å². The van der Waals surface area contributed by atoms with Crippen LogP contribution in [0.2, 0.25) is 5.02 Å². The first-order chi connectivity index (χ1) is 28.6. The number of fused-ring (bicyclic) bond motifs is 1. The van der Waals surface area contributed by atoms with Gasteiger partial charge in [-0.1, -0.05) is 44.5 Å². The van der Waals surface area contributed by atoms with Crippen molar-refractivity contribution in [3.05, 3.63) is 81.2 Å². The van der Waals surface area contributed by atoms with Crippen LogP contribution in [0.5, 0.6) is 5.75 Å². The summed E-state index contributed by atoms with van der Waals surface area (Å²) in [5, 5.41) is 18.6. The lowest BCUT2D eigenvalue weighted by atomic mass is 9.48. The molecule has 312 valence electrons. The van der Waals surface area contributed by atoms with E-state index in [0.717, 1.165) is 70.2 Å². The number of anilines is 2. The number of carbonyl (C=O) groups is 3. The van der Waals surface area contributed by atoms with E-state index in [2.05, 4.69) is 30.0 Å². The Morgan fingerprint density at radius 3 is 2.37 bits per heavy atom. The van der Waals surface area contributed by atoms with Crippen LogP contribution in [0.25, 0.3) is 10.9 Å². The minimum absolute atomic E-state index is 0.0826. The van der Waals surface area contributed by atoms with Crippen molar-refractivity contribution in [1.29, 1.82) is 5.26 Å². The number of nitrogens with zero attached hydrogens (tertiary/aromatic N) is 9. The van der Waals surface area contributed by atoms with E-state index >= 15 is 0 Å². The van der Waals surface area contributed by atoms with Crippen molar-refractivity contribution < 1.29 is 19.1 Å². The minimum atomic E-state index is -0.980. The largest absolute Gasteiger partial charge is 0.489 e. The Morgan fingerprint density at radius 2 is 1.72 bits per heavy atom. The van der Waals surface area contributed by atoms with Gasteiger partial charge >= 0.3 is 0 Å². The summed E-state index contributed by atoms with van der Waals surface area (Å²) in [7, 11) is 0. The van der Waals surface area contributed by atoms with Crippen LogP contribution in [-0.2, 0) is 9.59 Å². The molecule has 6 heterocycles. The number of benzene rings is 2. The quantitative estimate of drug-likeness (QED) is 0.235. The molecule has 4 aliphatic heterocycles. The standard InChI is InChI=1S/C44H49ClN10O5/c1-42(2)40(43(3,4)41(42)60-30-8-5-27(19-46)32(45)18-30)54-36(56)12-10-34(39(54)59)55-38(58)31-17-29(7-9-33(31)49-50-55)53-22-26(23-53)21-51-24-44(25-51)13-15-52(16-14-44)35-11-6-28(20-48-35)37(47)57/h5-9,11,17-18,20,26,34,40-41H,10,12-16,21-25H2,1-4H3,(H2,47,57). The highest BCUT2D eigenvalue weighted by Gasteiger charge is 2.68. The predicted octanol–water partition coefficient (Wildman–Crippen LogP) is 4.42. The van der Waals surface area contributed by atoms with E-state index in [1.807, 2.05) is 58.0 Å². The van der Waals surface area contributed by atoms with E-state index in [1.165, 1.54) is 9.58 Å². The minimum Gasteiger partial charge on any atom is -0.489 e. The molecule has 5 fully saturated rings. The first kappa shape index (κ1) is 39.8. The molecule has 2 aromatic carbocycles. The van der Waals surface area contributed by atoms with E-state index in [1.54, 1.807) is 30.5 Å². The second-order valence-electron chi connectivity index (χ2n) is 18.7. The zero-order valence-electron chi connectivity index (χ0n) is 34.3. The van der Waals surface area contributed by atoms with E-state index in [-0.39, 0.29) is 23.8 Å². The number of carbonyl (C=O) groups excluding carboxylic acids is 3. The number of hydrogen-bond donors (Lipinski definition) is 1. The second-order valence-corrected chi connectivity index (χ2v) is 19.1. The van der Waals surface area contributed by atoms with Crippen LogP contribution in [0.3, 0.4) is 0 Å². The molecule has 4 saturated heterocycles. The molecule has 16 heteroatoms. The maximum absolute atomic E-state index is 14.4. The number of nitriles is 1. The van der Waals surface area contributed by atoms with Gasteiger partial charge in [-0.3, -0.25) is 24.1 Å². The van der Waals surface area contributed by atoms with Crippen molar-refractivity contribution in [1.82, 2.24) is 29.8 Å². The van der Waals surface area contributed by atoms with Crippen LogP contribution >= 0.6 is 11.6 Å². The molecular formula is C44H49ClN10O5. The van der Waals surface area contributed by atoms with Crippen molar-refractivity contribution in [2.45, 2.75) is 71.6 Å². The normalized spacial score (nSPS) is 24.7. The van der Waals surface area contributed by atoms with Crippen molar-refractivity contribution >= 4 is 51.7 Å². The molecule has 60 heavy (non-hydrogen) atoms. The van der Waals surface area contributed by atoms with Crippen molar-refractivity contribution in [3.8, 4) is 11.8 Å². The number of nitrogens with two attached hydrogens (primary N) is 1. The lowest BCUT2D eigenvalue weighted by Gasteiger charge is -2.65. The molecule has 15 nitrogen and oxygen atoms in total. The lowest BCUT2D eigenvalue weighted by molar-refractivity contribution is -0.216. The fraction of sp³-hybridized carbons (Fsp3) is 0.500. The van der Waals surface area contributed by atoms with E-state index in [9.17, 15) is 24.4 Å². The number of hydrogen-bond acceptors (Lipinski definition) is 12. The van der Waals surface area contributed by atoms with Crippen molar-refractivity contribution in [2.24, 2.45) is 27.9 Å². The average Bonchev–Trinajstić information content (AvgIpc) is 3.19. The number of piperidine rings is 2. The number of pyridine rings is 1. The maximum atomic E-state index is 14.4. The number of halogens is 1. The van der Waals surface area contributed by atoms with Gasteiger partial charge in [0.05, 0.1) is 27.6 Å². The fourth-order valence-electron chi connectivity index (χ4n) is 11.1. The summed E-state index contributed by atoms with van der Waals surface area (Å²) in [6.45, 7) is 14.7. The molecule has 0 bridgehead atoms. The van der Waals surface area contributed by atoms with Gasteiger partial charge in [0.15, 0.2) is 0 Å². The van der Waals surface area contributed by atoms with E-state index < -0.39 is 46.4 Å². The maximum Gasteiger partial charge on any atom is 0.278 e. The van der Waals surface area contributed by atoms with Crippen molar-refractivity contribution in [2.75, 3.05) is 55.6 Å². The summed E-state index contributed by atoms with van der Waals surface area (Å²) in [4.78, 5) is 66.4.